The molecule has 0 saturated carbocycles. The molecule has 3 rings (SSSR count). The fourth-order valence-electron chi connectivity index (χ4n) is 3.47. The molecule has 1 aromatic carbocycles. The molecule has 1 aliphatic carbocycles. The van der Waals surface area contributed by atoms with Crippen LogP contribution in [0.5, 0.6) is 0 Å². The number of hydrogen-bond donors (Lipinski definition) is 1. The summed E-state index contributed by atoms with van der Waals surface area (Å²) < 4.78 is 27.4. The third-order valence-corrected chi connectivity index (χ3v) is 6.83. The lowest BCUT2D eigenvalue weighted by Crippen LogP contribution is -2.46. The van der Waals surface area contributed by atoms with Crippen LogP contribution in [0.1, 0.15) is 37.3 Å². The first-order valence-corrected chi connectivity index (χ1v) is 9.21. The Labute approximate surface area is 126 Å². The summed E-state index contributed by atoms with van der Waals surface area (Å²) in [5.74, 6) is 0.0606. The van der Waals surface area contributed by atoms with Gasteiger partial charge in [0.1, 0.15) is 0 Å². The summed E-state index contributed by atoms with van der Waals surface area (Å²) in [4.78, 5) is 0.411. The first-order valence-electron chi connectivity index (χ1n) is 7.77. The number of fused-ring (bicyclic) bond motifs is 1. The van der Waals surface area contributed by atoms with Crippen LogP contribution in [0.2, 0.25) is 0 Å². The smallest absolute Gasteiger partial charge is 0.243 e. The summed E-state index contributed by atoms with van der Waals surface area (Å²) in [6, 6.07) is 5.57. The Balaban J connectivity index is 1.92. The first kappa shape index (κ1) is 15.0. The fourth-order valence-corrected chi connectivity index (χ4v) is 5.26. The molecule has 2 unspecified atom stereocenters. The van der Waals surface area contributed by atoms with Crippen LogP contribution < -0.4 is 0 Å². The molecule has 1 N–H and O–H groups in total. The topological polar surface area (TPSA) is 57.6 Å². The van der Waals surface area contributed by atoms with Crippen LogP contribution in [0, 0.1) is 5.92 Å². The number of benzene rings is 1. The van der Waals surface area contributed by atoms with E-state index in [9.17, 15) is 13.5 Å². The van der Waals surface area contributed by atoms with Crippen LogP contribution in [0.4, 0.5) is 0 Å². The minimum atomic E-state index is -3.45. The zero-order chi connectivity index (χ0) is 15.0. The second kappa shape index (κ2) is 5.71. The second-order valence-electron chi connectivity index (χ2n) is 6.33. The van der Waals surface area contributed by atoms with Crippen LogP contribution >= 0.6 is 0 Å². The molecule has 21 heavy (non-hydrogen) atoms. The lowest BCUT2D eigenvalue weighted by molar-refractivity contribution is 0.139. The van der Waals surface area contributed by atoms with E-state index in [1.54, 1.807) is 10.4 Å². The number of sulfonamides is 1. The van der Waals surface area contributed by atoms with Gasteiger partial charge in [-0.25, -0.2) is 8.42 Å². The third-order valence-electron chi connectivity index (χ3n) is 4.86. The molecule has 1 heterocycles. The molecule has 1 fully saturated rings. The molecule has 0 radical (unpaired) electrons. The minimum absolute atomic E-state index is 0.00561. The number of aryl methyl sites for hydroxylation is 2. The monoisotopic (exact) mass is 309 g/mol. The summed E-state index contributed by atoms with van der Waals surface area (Å²) >= 11 is 0. The van der Waals surface area contributed by atoms with Crippen molar-refractivity contribution >= 4 is 10.0 Å². The van der Waals surface area contributed by atoms with E-state index < -0.39 is 10.0 Å². The van der Waals surface area contributed by atoms with Gasteiger partial charge in [-0.2, -0.15) is 4.31 Å². The van der Waals surface area contributed by atoms with Crippen molar-refractivity contribution in [1.29, 1.82) is 0 Å². The Bertz CT molecular complexity index is 626. The van der Waals surface area contributed by atoms with Gasteiger partial charge in [0.25, 0.3) is 0 Å². The number of aliphatic hydroxyl groups is 1. The molecule has 0 bridgehead atoms. The average Bonchev–Trinajstić information content (AvgIpc) is 2.95. The van der Waals surface area contributed by atoms with Crippen molar-refractivity contribution in [2.24, 2.45) is 5.92 Å². The Morgan fingerprint density at radius 3 is 2.76 bits per heavy atom. The molecule has 0 aromatic heterocycles. The highest BCUT2D eigenvalue weighted by atomic mass is 32.2. The SMILES string of the molecule is CC1CCC(CO)CN1S(=O)(=O)c1ccc2c(c1)CCC2. The van der Waals surface area contributed by atoms with E-state index in [2.05, 4.69) is 0 Å². The second-order valence-corrected chi connectivity index (χ2v) is 8.22. The van der Waals surface area contributed by atoms with Crippen molar-refractivity contribution in [3.05, 3.63) is 29.3 Å². The molecule has 0 spiro atoms. The normalized spacial score (nSPS) is 26.8. The molecule has 4 nitrogen and oxygen atoms in total. The molecule has 116 valence electrons. The van der Waals surface area contributed by atoms with Crippen molar-refractivity contribution in [2.45, 2.75) is 50.0 Å². The zero-order valence-electron chi connectivity index (χ0n) is 12.5. The van der Waals surface area contributed by atoms with Crippen molar-refractivity contribution in [1.82, 2.24) is 4.31 Å². The van der Waals surface area contributed by atoms with Gasteiger partial charge < -0.3 is 5.11 Å². The van der Waals surface area contributed by atoms with Gasteiger partial charge in [-0.3, -0.25) is 0 Å². The lowest BCUT2D eigenvalue weighted by atomic mass is 9.96. The van der Waals surface area contributed by atoms with E-state index in [1.807, 2.05) is 19.1 Å². The molecule has 1 aliphatic heterocycles. The van der Waals surface area contributed by atoms with Crippen LogP contribution in [0.15, 0.2) is 23.1 Å². The van der Waals surface area contributed by atoms with Crippen molar-refractivity contribution < 1.29 is 13.5 Å². The van der Waals surface area contributed by atoms with Crippen molar-refractivity contribution in [2.75, 3.05) is 13.2 Å². The maximum absolute atomic E-state index is 12.9. The Kier molecular flexibility index (Phi) is 4.08. The van der Waals surface area contributed by atoms with Crippen molar-refractivity contribution in [3.8, 4) is 0 Å². The van der Waals surface area contributed by atoms with Gasteiger partial charge in [-0.1, -0.05) is 6.07 Å². The van der Waals surface area contributed by atoms with Gasteiger partial charge in [-0.15, -0.1) is 0 Å². The molecule has 0 amide bonds. The standard InChI is InChI=1S/C16H23NO3S/c1-12-5-6-13(11-18)10-17(12)21(19,20)16-8-7-14-3-2-4-15(14)9-16/h7-9,12-13,18H,2-6,10-11H2,1H3. The van der Waals surface area contributed by atoms with Crippen LogP contribution in [-0.2, 0) is 22.9 Å². The predicted octanol–water partition coefficient (Wildman–Crippen LogP) is 1.96. The Morgan fingerprint density at radius 1 is 1.24 bits per heavy atom. The van der Waals surface area contributed by atoms with E-state index in [0.717, 1.165) is 32.1 Å². The van der Waals surface area contributed by atoms with E-state index in [0.29, 0.717) is 11.4 Å². The third kappa shape index (κ3) is 2.74. The van der Waals surface area contributed by atoms with Gasteiger partial charge in [0.2, 0.25) is 10.0 Å². The Hall–Kier alpha value is -0.910. The highest BCUT2D eigenvalue weighted by Gasteiger charge is 2.35. The molecular weight excluding hydrogens is 286 g/mol. The summed E-state index contributed by atoms with van der Waals surface area (Å²) in [5, 5.41) is 9.34. The molecule has 5 heteroatoms. The summed E-state index contributed by atoms with van der Waals surface area (Å²) in [6.07, 6.45) is 4.87. The highest BCUT2D eigenvalue weighted by molar-refractivity contribution is 7.89. The number of piperidine rings is 1. The average molecular weight is 309 g/mol. The van der Waals surface area contributed by atoms with E-state index >= 15 is 0 Å². The van der Waals surface area contributed by atoms with Gasteiger partial charge in [0.15, 0.2) is 0 Å². The van der Waals surface area contributed by atoms with Gasteiger partial charge in [0, 0.05) is 19.2 Å². The number of aliphatic hydroxyl groups excluding tert-OH is 1. The van der Waals surface area contributed by atoms with Crippen LogP contribution in [-0.4, -0.2) is 37.0 Å². The van der Waals surface area contributed by atoms with E-state index in [4.69, 9.17) is 0 Å². The molecular formula is C16H23NO3S. The van der Waals surface area contributed by atoms with Gasteiger partial charge in [-0.05, 0) is 68.2 Å². The van der Waals surface area contributed by atoms with Crippen LogP contribution in [0.3, 0.4) is 0 Å². The summed E-state index contributed by atoms with van der Waals surface area (Å²) in [7, 11) is -3.45. The van der Waals surface area contributed by atoms with E-state index in [-0.39, 0.29) is 18.6 Å². The molecule has 2 atom stereocenters. The highest BCUT2D eigenvalue weighted by Crippen LogP contribution is 2.30. The summed E-state index contributed by atoms with van der Waals surface area (Å²) in [6.45, 7) is 2.44. The predicted molar refractivity (Wildman–Crippen MR) is 81.6 cm³/mol. The largest absolute Gasteiger partial charge is 0.396 e. The number of hydrogen-bond acceptors (Lipinski definition) is 3. The Morgan fingerprint density at radius 2 is 2.00 bits per heavy atom. The molecule has 1 saturated heterocycles. The van der Waals surface area contributed by atoms with Crippen molar-refractivity contribution in [3.63, 3.8) is 0 Å². The van der Waals surface area contributed by atoms with Gasteiger partial charge in [0.05, 0.1) is 4.90 Å². The number of nitrogens with zero attached hydrogens (tertiary/aromatic N) is 1. The maximum Gasteiger partial charge on any atom is 0.243 e. The molecule has 2 aliphatic rings. The maximum atomic E-state index is 12.9. The quantitative estimate of drug-likeness (QED) is 0.928. The zero-order valence-corrected chi connectivity index (χ0v) is 13.3. The lowest BCUT2D eigenvalue weighted by Gasteiger charge is -2.36. The first-order chi connectivity index (χ1) is 10.0. The number of rotatable bonds is 3. The fraction of sp³-hybridized carbons (Fsp3) is 0.625. The molecule has 1 aromatic rings. The minimum Gasteiger partial charge on any atom is -0.396 e. The van der Waals surface area contributed by atoms with Gasteiger partial charge >= 0.3 is 0 Å². The summed E-state index contributed by atoms with van der Waals surface area (Å²) in [5.41, 5.74) is 2.47. The van der Waals surface area contributed by atoms with Crippen LogP contribution in [0.25, 0.3) is 0 Å². The van der Waals surface area contributed by atoms with E-state index in [1.165, 1.54) is 11.1 Å².